The second-order valence-corrected chi connectivity index (χ2v) is 6.12. The van der Waals surface area contributed by atoms with Crippen LogP contribution in [0.25, 0.3) is 0 Å². The fourth-order valence-corrected chi connectivity index (χ4v) is 3.21. The van der Waals surface area contributed by atoms with Crippen molar-refractivity contribution in [2.45, 2.75) is 38.6 Å². The third-order valence-electron chi connectivity index (χ3n) is 3.83. The molecule has 2 nitrogen and oxygen atoms in total. The maximum atomic E-state index is 4.54. The molecule has 0 bridgehead atoms. The molecule has 0 amide bonds. The predicted molar refractivity (Wildman–Crippen MR) is 74.9 cm³/mol. The Balaban J connectivity index is 2.12. The number of hydrogen-bond acceptors (Lipinski definition) is 2. The van der Waals surface area contributed by atoms with E-state index in [4.69, 9.17) is 0 Å². The van der Waals surface area contributed by atoms with Crippen molar-refractivity contribution < 1.29 is 0 Å². The van der Waals surface area contributed by atoms with Crippen LogP contribution in [0.15, 0.2) is 22.8 Å². The van der Waals surface area contributed by atoms with Crippen LogP contribution in [0, 0.1) is 11.8 Å². The molecule has 2 rings (SSSR count). The number of hydrogen-bond donors (Lipinski definition) is 1. The third-order valence-corrected chi connectivity index (χ3v) is 4.30. The van der Waals surface area contributed by atoms with Gasteiger partial charge in [-0.3, -0.25) is 4.98 Å². The minimum Gasteiger partial charge on any atom is -0.311 e. The van der Waals surface area contributed by atoms with Gasteiger partial charge in [0.25, 0.3) is 0 Å². The van der Waals surface area contributed by atoms with Crippen LogP contribution < -0.4 is 5.32 Å². The van der Waals surface area contributed by atoms with E-state index >= 15 is 0 Å². The maximum Gasteiger partial charge on any atom is 0.0576 e. The molecule has 1 aromatic rings. The van der Waals surface area contributed by atoms with E-state index in [2.05, 4.69) is 45.3 Å². The summed E-state index contributed by atoms with van der Waals surface area (Å²) in [7, 11) is 2.05. The fourth-order valence-electron chi connectivity index (χ4n) is 2.98. The van der Waals surface area contributed by atoms with Crippen molar-refractivity contribution in [1.29, 1.82) is 0 Å². The van der Waals surface area contributed by atoms with E-state index in [-0.39, 0.29) is 0 Å². The van der Waals surface area contributed by atoms with Crippen LogP contribution in [0.4, 0.5) is 0 Å². The van der Waals surface area contributed by atoms with Gasteiger partial charge in [0.1, 0.15) is 0 Å². The molecule has 1 heterocycles. The average Bonchev–Trinajstić information content (AvgIpc) is 2.33. The fraction of sp³-hybridized carbons (Fsp3) is 0.643. The summed E-state index contributed by atoms with van der Waals surface area (Å²) in [6, 6.07) is 4.62. The first-order chi connectivity index (χ1) is 8.20. The highest BCUT2D eigenvalue weighted by Gasteiger charge is 2.27. The number of rotatable bonds is 3. The van der Waals surface area contributed by atoms with E-state index in [1.54, 1.807) is 0 Å². The molecular formula is C14H21BrN2. The molecule has 1 N–H and O–H groups in total. The lowest BCUT2D eigenvalue weighted by Gasteiger charge is -2.32. The molecule has 0 saturated heterocycles. The van der Waals surface area contributed by atoms with Crippen LogP contribution in [0.1, 0.15) is 44.3 Å². The van der Waals surface area contributed by atoms with Crippen molar-refractivity contribution in [3.63, 3.8) is 0 Å². The van der Waals surface area contributed by atoms with Crippen molar-refractivity contribution in [1.82, 2.24) is 10.3 Å². The Bertz CT molecular complexity index is 350. The van der Waals surface area contributed by atoms with E-state index in [0.717, 1.165) is 16.3 Å². The van der Waals surface area contributed by atoms with Gasteiger partial charge in [0.15, 0.2) is 0 Å². The number of nitrogens with zero attached hydrogens (tertiary/aromatic N) is 1. The second kappa shape index (κ2) is 5.96. The topological polar surface area (TPSA) is 24.9 Å². The van der Waals surface area contributed by atoms with E-state index < -0.39 is 0 Å². The zero-order valence-corrected chi connectivity index (χ0v) is 12.2. The second-order valence-electron chi connectivity index (χ2n) is 5.20. The number of pyridine rings is 1. The van der Waals surface area contributed by atoms with E-state index in [0.29, 0.717) is 6.04 Å². The van der Waals surface area contributed by atoms with Crippen LogP contribution in [-0.4, -0.2) is 12.0 Å². The third kappa shape index (κ3) is 3.29. The molecule has 0 spiro atoms. The Labute approximate surface area is 112 Å². The Morgan fingerprint density at radius 2 is 2.24 bits per heavy atom. The SMILES string of the molecule is CNC(c1ccc(Br)cn1)C1CCCC(C)C1. The Morgan fingerprint density at radius 1 is 1.41 bits per heavy atom. The smallest absolute Gasteiger partial charge is 0.0576 e. The monoisotopic (exact) mass is 296 g/mol. The van der Waals surface area contributed by atoms with E-state index in [1.807, 2.05) is 13.2 Å². The lowest BCUT2D eigenvalue weighted by molar-refractivity contribution is 0.227. The minimum absolute atomic E-state index is 0.408. The summed E-state index contributed by atoms with van der Waals surface area (Å²) in [4.78, 5) is 4.54. The molecule has 1 aromatic heterocycles. The van der Waals surface area contributed by atoms with Gasteiger partial charge >= 0.3 is 0 Å². The first kappa shape index (κ1) is 13.0. The normalized spacial score (nSPS) is 26.8. The van der Waals surface area contributed by atoms with Crippen molar-refractivity contribution >= 4 is 15.9 Å². The molecule has 3 atom stereocenters. The van der Waals surface area contributed by atoms with Gasteiger partial charge in [-0.05, 0) is 59.8 Å². The van der Waals surface area contributed by atoms with Gasteiger partial charge in [0.2, 0.25) is 0 Å². The predicted octanol–water partition coefficient (Wildman–Crippen LogP) is 3.93. The summed E-state index contributed by atoms with van der Waals surface area (Å²) in [6.07, 6.45) is 7.30. The molecule has 1 fully saturated rings. The average molecular weight is 297 g/mol. The van der Waals surface area contributed by atoms with Crippen LogP contribution in [0.3, 0.4) is 0 Å². The Kier molecular flexibility index (Phi) is 4.57. The minimum atomic E-state index is 0.408. The van der Waals surface area contributed by atoms with Gasteiger partial charge in [-0.2, -0.15) is 0 Å². The van der Waals surface area contributed by atoms with Crippen molar-refractivity contribution in [2.24, 2.45) is 11.8 Å². The standard InChI is InChI=1S/C14H21BrN2/c1-10-4-3-5-11(8-10)14(16-2)13-7-6-12(15)9-17-13/h6-7,9-11,14,16H,3-5,8H2,1-2H3. The van der Waals surface area contributed by atoms with Crippen molar-refractivity contribution in [3.8, 4) is 0 Å². The van der Waals surface area contributed by atoms with Crippen molar-refractivity contribution in [2.75, 3.05) is 7.05 Å². The van der Waals surface area contributed by atoms with Gasteiger partial charge < -0.3 is 5.32 Å². The number of aromatic nitrogens is 1. The summed E-state index contributed by atoms with van der Waals surface area (Å²) in [5.41, 5.74) is 1.18. The summed E-state index contributed by atoms with van der Waals surface area (Å²) < 4.78 is 1.05. The summed E-state index contributed by atoms with van der Waals surface area (Å²) in [6.45, 7) is 2.37. The molecule has 1 aliphatic carbocycles. The number of halogens is 1. The van der Waals surface area contributed by atoms with E-state index in [1.165, 1.54) is 31.4 Å². The van der Waals surface area contributed by atoms with Crippen LogP contribution in [-0.2, 0) is 0 Å². The van der Waals surface area contributed by atoms with Crippen molar-refractivity contribution in [3.05, 3.63) is 28.5 Å². The molecule has 3 heteroatoms. The van der Waals surface area contributed by atoms with Gasteiger partial charge in [0.05, 0.1) is 11.7 Å². The van der Waals surface area contributed by atoms with Crippen LogP contribution in [0.2, 0.25) is 0 Å². The zero-order valence-electron chi connectivity index (χ0n) is 10.6. The molecule has 0 radical (unpaired) electrons. The van der Waals surface area contributed by atoms with Gasteiger partial charge in [0, 0.05) is 10.7 Å². The summed E-state index contributed by atoms with van der Waals surface area (Å²) >= 11 is 3.44. The largest absolute Gasteiger partial charge is 0.311 e. The van der Waals surface area contributed by atoms with Gasteiger partial charge in [-0.1, -0.05) is 19.8 Å². The van der Waals surface area contributed by atoms with E-state index in [9.17, 15) is 0 Å². The maximum absolute atomic E-state index is 4.54. The van der Waals surface area contributed by atoms with Gasteiger partial charge in [-0.25, -0.2) is 0 Å². The molecular weight excluding hydrogens is 276 g/mol. The lowest BCUT2D eigenvalue weighted by atomic mass is 9.77. The molecule has 1 aliphatic rings. The van der Waals surface area contributed by atoms with Gasteiger partial charge in [-0.15, -0.1) is 0 Å². The molecule has 0 aliphatic heterocycles. The first-order valence-electron chi connectivity index (χ1n) is 6.49. The molecule has 0 aromatic carbocycles. The quantitative estimate of drug-likeness (QED) is 0.914. The summed E-state index contributed by atoms with van der Waals surface area (Å²) in [5, 5.41) is 3.45. The Hall–Kier alpha value is -0.410. The van der Waals surface area contributed by atoms with Crippen LogP contribution in [0.5, 0.6) is 0 Å². The summed E-state index contributed by atoms with van der Waals surface area (Å²) in [5.74, 6) is 1.59. The highest BCUT2D eigenvalue weighted by Crippen LogP contribution is 2.36. The highest BCUT2D eigenvalue weighted by atomic mass is 79.9. The molecule has 94 valence electrons. The molecule has 1 saturated carbocycles. The molecule has 3 unspecified atom stereocenters. The lowest BCUT2D eigenvalue weighted by Crippen LogP contribution is -2.29. The molecule has 17 heavy (non-hydrogen) atoms. The Morgan fingerprint density at radius 3 is 2.82 bits per heavy atom. The number of nitrogens with one attached hydrogen (secondary N) is 1. The first-order valence-corrected chi connectivity index (χ1v) is 7.28. The zero-order chi connectivity index (χ0) is 12.3. The highest BCUT2D eigenvalue weighted by molar-refractivity contribution is 9.10. The van der Waals surface area contributed by atoms with Crippen LogP contribution >= 0.6 is 15.9 Å².